The molecule has 1 aromatic rings. The second kappa shape index (κ2) is 8.12. The number of carbonyl (C=O) groups is 1. The van der Waals surface area contributed by atoms with Gasteiger partial charge in [-0.25, -0.2) is 0 Å². The van der Waals surface area contributed by atoms with Gasteiger partial charge < -0.3 is 15.8 Å². The minimum Gasteiger partial charge on any atom is -0.481 e. The lowest BCUT2D eigenvalue weighted by Crippen LogP contribution is -2.45. The molecule has 0 radical (unpaired) electrons. The Kier molecular flexibility index (Phi) is 6.82. The van der Waals surface area contributed by atoms with Crippen LogP contribution in [0.25, 0.3) is 0 Å². The summed E-state index contributed by atoms with van der Waals surface area (Å²) in [6.07, 6.45) is 3.42. The number of rotatable bonds is 4. The molecule has 0 saturated heterocycles. The van der Waals surface area contributed by atoms with Crippen molar-refractivity contribution in [3.8, 4) is 5.75 Å². The quantitative estimate of drug-likeness (QED) is 0.896. The zero-order valence-electron chi connectivity index (χ0n) is 11.7. The zero-order chi connectivity index (χ0) is 13.7. The van der Waals surface area contributed by atoms with Crippen LogP contribution in [-0.2, 0) is 4.79 Å². The Balaban J connectivity index is 0.00000200. The molecule has 1 amide bonds. The number of amides is 1. The molecule has 1 fully saturated rings. The number of hydrogen-bond donors (Lipinski definition) is 2. The van der Waals surface area contributed by atoms with Gasteiger partial charge in [-0.05, 0) is 44.7 Å². The van der Waals surface area contributed by atoms with Crippen LogP contribution in [0, 0.1) is 0 Å². The van der Waals surface area contributed by atoms with Gasteiger partial charge in [0.05, 0.1) is 0 Å². The lowest BCUT2D eigenvalue weighted by Gasteiger charge is -2.27. The molecule has 5 heteroatoms. The first-order valence-corrected chi connectivity index (χ1v) is 6.93. The number of carbonyl (C=O) groups excluding carboxylic acids is 1. The van der Waals surface area contributed by atoms with Crippen molar-refractivity contribution in [2.75, 3.05) is 0 Å². The van der Waals surface area contributed by atoms with Crippen molar-refractivity contribution in [3.05, 3.63) is 30.3 Å². The second-order valence-electron chi connectivity index (χ2n) is 5.19. The van der Waals surface area contributed by atoms with Gasteiger partial charge in [0.2, 0.25) is 0 Å². The Morgan fingerprint density at radius 3 is 2.45 bits per heavy atom. The molecule has 4 nitrogen and oxygen atoms in total. The molecule has 0 spiro atoms. The normalized spacial score (nSPS) is 23.3. The first kappa shape index (κ1) is 16.8. The Bertz CT molecular complexity index is 406. The average Bonchev–Trinajstić information content (AvgIpc) is 2.42. The summed E-state index contributed by atoms with van der Waals surface area (Å²) in [5.41, 5.74) is 5.85. The minimum atomic E-state index is -0.474. The fourth-order valence-corrected chi connectivity index (χ4v) is 2.34. The van der Waals surface area contributed by atoms with Gasteiger partial charge in [0.25, 0.3) is 5.91 Å². The fraction of sp³-hybridized carbons (Fsp3) is 0.533. The molecule has 0 aromatic heterocycles. The predicted octanol–water partition coefficient (Wildman–Crippen LogP) is 2.26. The highest BCUT2D eigenvalue weighted by atomic mass is 35.5. The van der Waals surface area contributed by atoms with Gasteiger partial charge in [0.15, 0.2) is 6.10 Å². The Labute approximate surface area is 126 Å². The largest absolute Gasteiger partial charge is 0.481 e. The summed E-state index contributed by atoms with van der Waals surface area (Å²) in [4.78, 5) is 12.0. The van der Waals surface area contributed by atoms with Crippen LogP contribution < -0.4 is 15.8 Å². The van der Waals surface area contributed by atoms with Crippen LogP contribution in [0.5, 0.6) is 5.75 Å². The SMILES string of the molecule is CC(Oc1ccccc1)C(=O)NC1CCC(N)CC1.Cl. The van der Waals surface area contributed by atoms with Crippen molar-refractivity contribution >= 4 is 18.3 Å². The molecule has 1 aliphatic rings. The number of hydrogen-bond acceptors (Lipinski definition) is 3. The van der Waals surface area contributed by atoms with E-state index in [1.807, 2.05) is 30.3 Å². The number of halogens is 1. The summed E-state index contributed by atoms with van der Waals surface area (Å²) in [6.45, 7) is 1.77. The Hall–Kier alpha value is -1.26. The van der Waals surface area contributed by atoms with Crippen LogP contribution in [0.4, 0.5) is 0 Å². The third-order valence-corrected chi connectivity index (χ3v) is 3.54. The first-order valence-electron chi connectivity index (χ1n) is 6.93. The minimum absolute atomic E-state index is 0. The summed E-state index contributed by atoms with van der Waals surface area (Å²) in [5.74, 6) is 0.667. The van der Waals surface area contributed by atoms with E-state index in [9.17, 15) is 4.79 Å². The second-order valence-corrected chi connectivity index (χ2v) is 5.19. The van der Waals surface area contributed by atoms with E-state index in [1.54, 1.807) is 6.92 Å². The monoisotopic (exact) mass is 298 g/mol. The summed E-state index contributed by atoms with van der Waals surface area (Å²) in [7, 11) is 0. The Morgan fingerprint density at radius 1 is 1.25 bits per heavy atom. The summed E-state index contributed by atoms with van der Waals surface area (Å²) < 4.78 is 5.60. The molecule has 1 atom stereocenters. The molecule has 20 heavy (non-hydrogen) atoms. The summed E-state index contributed by atoms with van der Waals surface area (Å²) in [5, 5.41) is 3.04. The molecule has 0 aliphatic heterocycles. The van der Waals surface area contributed by atoms with Crippen LogP contribution in [0.2, 0.25) is 0 Å². The van der Waals surface area contributed by atoms with Crippen molar-refractivity contribution < 1.29 is 9.53 Å². The number of nitrogens with two attached hydrogens (primary N) is 1. The van der Waals surface area contributed by atoms with Crippen LogP contribution in [0.3, 0.4) is 0 Å². The van der Waals surface area contributed by atoms with E-state index in [4.69, 9.17) is 10.5 Å². The molecule has 112 valence electrons. The highest BCUT2D eigenvalue weighted by Crippen LogP contribution is 2.17. The molecular formula is C15H23ClN2O2. The van der Waals surface area contributed by atoms with Crippen LogP contribution in [0.15, 0.2) is 30.3 Å². The highest BCUT2D eigenvalue weighted by molar-refractivity contribution is 5.85. The van der Waals surface area contributed by atoms with E-state index in [0.717, 1.165) is 31.4 Å². The highest BCUT2D eigenvalue weighted by Gasteiger charge is 2.23. The van der Waals surface area contributed by atoms with Gasteiger partial charge in [-0.2, -0.15) is 0 Å². The maximum atomic E-state index is 12.0. The van der Waals surface area contributed by atoms with Crippen molar-refractivity contribution in [2.24, 2.45) is 5.73 Å². The number of para-hydroxylation sites is 1. The maximum absolute atomic E-state index is 12.0. The molecule has 1 saturated carbocycles. The molecule has 1 aromatic carbocycles. The topological polar surface area (TPSA) is 64.3 Å². The van der Waals surface area contributed by atoms with Crippen LogP contribution in [0.1, 0.15) is 32.6 Å². The Morgan fingerprint density at radius 2 is 1.85 bits per heavy atom. The van der Waals surface area contributed by atoms with Gasteiger partial charge in [-0.15, -0.1) is 12.4 Å². The maximum Gasteiger partial charge on any atom is 0.260 e. The molecule has 0 bridgehead atoms. The van der Waals surface area contributed by atoms with Gasteiger partial charge in [-0.3, -0.25) is 4.79 Å². The lowest BCUT2D eigenvalue weighted by atomic mass is 9.92. The van der Waals surface area contributed by atoms with Crippen molar-refractivity contribution in [3.63, 3.8) is 0 Å². The lowest BCUT2D eigenvalue weighted by molar-refractivity contribution is -0.128. The smallest absolute Gasteiger partial charge is 0.260 e. The molecule has 0 heterocycles. The van der Waals surface area contributed by atoms with E-state index >= 15 is 0 Å². The number of benzene rings is 1. The molecular weight excluding hydrogens is 276 g/mol. The van der Waals surface area contributed by atoms with Crippen molar-refractivity contribution in [1.82, 2.24) is 5.32 Å². The van der Waals surface area contributed by atoms with Crippen LogP contribution in [-0.4, -0.2) is 24.1 Å². The van der Waals surface area contributed by atoms with Gasteiger partial charge in [0, 0.05) is 12.1 Å². The zero-order valence-corrected chi connectivity index (χ0v) is 12.6. The molecule has 1 unspecified atom stereocenters. The number of ether oxygens (including phenoxy) is 1. The van der Waals surface area contributed by atoms with Gasteiger partial charge in [0.1, 0.15) is 5.75 Å². The van der Waals surface area contributed by atoms with Gasteiger partial charge >= 0.3 is 0 Å². The van der Waals surface area contributed by atoms with Crippen molar-refractivity contribution in [1.29, 1.82) is 0 Å². The van der Waals surface area contributed by atoms with E-state index in [-0.39, 0.29) is 24.4 Å². The summed E-state index contributed by atoms with van der Waals surface area (Å²) >= 11 is 0. The van der Waals surface area contributed by atoms with Gasteiger partial charge in [-0.1, -0.05) is 18.2 Å². The standard InChI is InChI=1S/C15H22N2O2.ClH/c1-11(19-14-5-3-2-4-6-14)15(18)17-13-9-7-12(16)8-10-13;/h2-6,11-13H,7-10,16H2,1H3,(H,17,18);1H. The van der Waals surface area contributed by atoms with Crippen LogP contribution >= 0.6 is 12.4 Å². The summed E-state index contributed by atoms with van der Waals surface area (Å²) in [6, 6.07) is 9.95. The average molecular weight is 299 g/mol. The van der Waals surface area contributed by atoms with E-state index in [1.165, 1.54) is 0 Å². The first-order chi connectivity index (χ1) is 9.15. The fourth-order valence-electron chi connectivity index (χ4n) is 2.34. The van der Waals surface area contributed by atoms with E-state index < -0.39 is 6.10 Å². The molecule has 2 rings (SSSR count). The third-order valence-electron chi connectivity index (χ3n) is 3.54. The number of nitrogens with one attached hydrogen (secondary N) is 1. The third kappa shape index (κ3) is 5.02. The molecule has 3 N–H and O–H groups in total. The van der Waals surface area contributed by atoms with E-state index in [2.05, 4.69) is 5.32 Å². The predicted molar refractivity (Wildman–Crippen MR) is 82.2 cm³/mol. The molecule has 1 aliphatic carbocycles. The van der Waals surface area contributed by atoms with Crippen molar-refractivity contribution in [2.45, 2.75) is 50.8 Å². The van der Waals surface area contributed by atoms with E-state index in [0.29, 0.717) is 6.04 Å².